The highest BCUT2D eigenvalue weighted by atomic mass is 16.4. The topological polar surface area (TPSA) is 91.8 Å². The largest absolute Gasteiger partial charge is 0.409 e. The Kier molecular flexibility index (Phi) is 3.99. The maximum absolute atomic E-state index is 12.3. The average Bonchev–Trinajstić information content (AvgIpc) is 2.94. The summed E-state index contributed by atoms with van der Waals surface area (Å²) in [4.78, 5) is 18.3. The molecule has 2 heterocycles. The maximum atomic E-state index is 12.3. The lowest BCUT2D eigenvalue weighted by Crippen LogP contribution is -2.35. The molecule has 1 aromatic heterocycles. The summed E-state index contributed by atoms with van der Waals surface area (Å²) >= 11 is 0. The Labute approximate surface area is 111 Å². The molecule has 6 heteroatoms. The molecule has 19 heavy (non-hydrogen) atoms. The summed E-state index contributed by atoms with van der Waals surface area (Å²) < 4.78 is 0. The van der Waals surface area contributed by atoms with Crippen LogP contribution in [0, 0.1) is 0 Å². The van der Waals surface area contributed by atoms with Gasteiger partial charge in [-0.05, 0) is 31.4 Å². The Morgan fingerprint density at radius 1 is 1.63 bits per heavy atom. The lowest BCUT2D eigenvalue weighted by Gasteiger charge is -2.23. The van der Waals surface area contributed by atoms with Crippen LogP contribution in [-0.2, 0) is 0 Å². The van der Waals surface area contributed by atoms with Gasteiger partial charge < -0.3 is 15.8 Å². The van der Waals surface area contributed by atoms with E-state index in [1.54, 1.807) is 12.1 Å². The number of nitrogens with zero attached hydrogens (tertiary/aromatic N) is 3. The molecule has 1 saturated heterocycles. The normalized spacial score (nSPS) is 19.7. The van der Waals surface area contributed by atoms with Gasteiger partial charge in [-0.25, -0.2) is 0 Å². The van der Waals surface area contributed by atoms with Crippen molar-refractivity contribution in [1.82, 2.24) is 9.88 Å². The summed E-state index contributed by atoms with van der Waals surface area (Å²) in [7, 11) is 0. The highest BCUT2D eigenvalue weighted by Gasteiger charge is 2.28. The van der Waals surface area contributed by atoms with Gasteiger partial charge in [0.1, 0.15) is 5.69 Å². The van der Waals surface area contributed by atoms with Crippen molar-refractivity contribution in [2.24, 2.45) is 10.9 Å². The van der Waals surface area contributed by atoms with Crippen LogP contribution < -0.4 is 5.73 Å². The van der Waals surface area contributed by atoms with Crippen molar-refractivity contribution in [1.29, 1.82) is 0 Å². The molecular weight excluding hydrogens is 244 g/mol. The van der Waals surface area contributed by atoms with Gasteiger partial charge >= 0.3 is 0 Å². The van der Waals surface area contributed by atoms with Gasteiger partial charge in [0.25, 0.3) is 5.91 Å². The van der Waals surface area contributed by atoms with Gasteiger partial charge in [-0.3, -0.25) is 9.78 Å². The summed E-state index contributed by atoms with van der Waals surface area (Å²) in [5.41, 5.74) is 6.34. The molecule has 0 spiro atoms. The third-order valence-electron chi connectivity index (χ3n) is 3.50. The van der Waals surface area contributed by atoms with Crippen molar-refractivity contribution in [3.05, 3.63) is 29.6 Å². The average molecular weight is 262 g/mol. The molecule has 0 aliphatic carbocycles. The third kappa shape index (κ3) is 2.67. The first-order valence-electron chi connectivity index (χ1n) is 6.42. The van der Waals surface area contributed by atoms with Crippen LogP contribution in [0.3, 0.4) is 0 Å². The van der Waals surface area contributed by atoms with E-state index in [0.29, 0.717) is 17.3 Å². The Balaban J connectivity index is 2.16. The summed E-state index contributed by atoms with van der Waals surface area (Å²) in [5.74, 6) is -0.0606. The first kappa shape index (κ1) is 13.3. The highest BCUT2D eigenvalue weighted by molar-refractivity contribution is 5.98. The quantitative estimate of drug-likeness (QED) is 0.370. The second kappa shape index (κ2) is 5.69. The molecule has 3 N–H and O–H groups in total. The molecule has 0 aromatic carbocycles. The van der Waals surface area contributed by atoms with Gasteiger partial charge in [-0.2, -0.15) is 0 Å². The van der Waals surface area contributed by atoms with Crippen molar-refractivity contribution < 1.29 is 10.0 Å². The van der Waals surface area contributed by atoms with Crippen LogP contribution in [0.5, 0.6) is 0 Å². The standard InChI is InChI=1S/C13H18N4O2/c1-2-10-4-3-7-17(10)13(18)11-6-5-9(8-15-11)12(14)16-19/h5-6,8,10,19H,2-4,7H2,1H3,(H2,14,16). The molecule has 1 unspecified atom stereocenters. The summed E-state index contributed by atoms with van der Waals surface area (Å²) in [6.07, 6.45) is 4.52. The second-order valence-corrected chi connectivity index (χ2v) is 4.62. The molecule has 0 radical (unpaired) electrons. The maximum Gasteiger partial charge on any atom is 0.272 e. The van der Waals surface area contributed by atoms with E-state index in [1.165, 1.54) is 6.20 Å². The van der Waals surface area contributed by atoms with E-state index in [2.05, 4.69) is 17.1 Å². The number of aromatic nitrogens is 1. The molecule has 0 saturated carbocycles. The SMILES string of the molecule is CCC1CCCN1C(=O)c1ccc(C(N)=NO)cn1. The van der Waals surface area contributed by atoms with Crippen LogP contribution in [0.2, 0.25) is 0 Å². The summed E-state index contributed by atoms with van der Waals surface area (Å²) in [6.45, 7) is 2.88. The van der Waals surface area contributed by atoms with Crippen LogP contribution in [0.25, 0.3) is 0 Å². The van der Waals surface area contributed by atoms with E-state index in [9.17, 15) is 4.79 Å². The minimum Gasteiger partial charge on any atom is -0.409 e. The highest BCUT2D eigenvalue weighted by Crippen LogP contribution is 2.21. The molecule has 1 aromatic rings. The molecule has 1 atom stereocenters. The predicted octanol–water partition coefficient (Wildman–Crippen LogP) is 1.19. The molecule has 1 aliphatic rings. The number of pyridine rings is 1. The molecule has 0 bridgehead atoms. The molecule has 6 nitrogen and oxygen atoms in total. The minimum absolute atomic E-state index is 0.0147. The van der Waals surface area contributed by atoms with Crippen LogP contribution in [-0.4, -0.2) is 39.4 Å². The molecule has 1 fully saturated rings. The number of nitrogens with two attached hydrogens (primary N) is 1. The number of hydrogen-bond acceptors (Lipinski definition) is 4. The van der Waals surface area contributed by atoms with Crippen molar-refractivity contribution in [3.8, 4) is 0 Å². The molecule has 102 valence electrons. The lowest BCUT2D eigenvalue weighted by atomic mass is 10.1. The van der Waals surface area contributed by atoms with E-state index in [-0.39, 0.29) is 11.7 Å². The van der Waals surface area contributed by atoms with Crippen LogP contribution in [0.4, 0.5) is 0 Å². The molecule has 1 aliphatic heterocycles. The number of likely N-dealkylation sites (tertiary alicyclic amines) is 1. The van der Waals surface area contributed by atoms with E-state index in [4.69, 9.17) is 10.9 Å². The van der Waals surface area contributed by atoms with Crippen molar-refractivity contribution >= 4 is 11.7 Å². The number of amidine groups is 1. The summed E-state index contributed by atoms with van der Waals surface area (Å²) in [6, 6.07) is 3.56. The van der Waals surface area contributed by atoms with Gasteiger partial charge in [0.15, 0.2) is 5.84 Å². The minimum atomic E-state index is -0.0459. The zero-order valence-corrected chi connectivity index (χ0v) is 10.9. The van der Waals surface area contributed by atoms with Crippen molar-refractivity contribution in [3.63, 3.8) is 0 Å². The first-order valence-corrected chi connectivity index (χ1v) is 6.42. The zero-order chi connectivity index (χ0) is 13.8. The first-order chi connectivity index (χ1) is 9.17. The van der Waals surface area contributed by atoms with Gasteiger partial charge in [0, 0.05) is 24.3 Å². The van der Waals surface area contributed by atoms with Crippen LogP contribution in [0.15, 0.2) is 23.5 Å². The number of carbonyl (C=O) groups is 1. The number of hydrogen-bond donors (Lipinski definition) is 2. The Morgan fingerprint density at radius 3 is 3.00 bits per heavy atom. The fourth-order valence-electron chi connectivity index (χ4n) is 2.40. The monoisotopic (exact) mass is 262 g/mol. The number of rotatable bonds is 3. The second-order valence-electron chi connectivity index (χ2n) is 4.62. The predicted molar refractivity (Wildman–Crippen MR) is 71.1 cm³/mol. The van der Waals surface area contributed by atoms with Crippen LogP contribution in [0.1, 0.15) is 42.2 Å². The Bertz CT molecular complexity index is 484. The van der Waals surface area contributed by atoms with Gasteiger partial charge in [0.2, 0.25) is 0 Å². The van der Waals surface area contributed by atoms with E-state index in [1.807, 2.05) is 4.90 Å². The number of oxime groups is 1. The van der Waals surface area contributed by atoms with E-state index < -0.39 is 0 Å². The van der Waals surface area contributed by atoms with Crippen LogP contribution >= 0.6 is 0 Å². The fraction of sp³-hybridized carbons (Fsp3) is 0.462. The van der Waals surface area contributed by atoms with Crippen molar-refractivity contribution in [2.75, 3.05) is 6.54 Å². The number of amides is 1. The number of carbonyl (C=O) groups excluding carboxylic acids is 1. The molecular formula is C13H18N4O2. The third-order valence-corrected chi connectivity index (χ3v) is 3.50. The smallest absolute Gasteiger partial charge is 0.272 e. The van der Waals surface area contributed by atoms with Gasteiger partial charge in [-0.15, -0.1) is 0 Å². The Hall–Kier alpha value is -2.11. The van der Waals surface area contributed by atoms with E-state index in [0.717, 1.165) is 25.8 Å². The van der Waals surface area contributed by atoms with Crippen molar-refractivity contribution in [2.45, 2.75) is 32.2 Å². The van der Waals surface area contributed by atoms with Gasteiger partial charge in [-0.1, -0.05) is 12.1 Å². The molecule has 1 amide bonds. The summed E-state index contributed by atoms with van der Waals surface area (Å²) in [5, 5.41) is 11.5. The zero-order valence-electron chi connectivity index (χ0n) is 10.9. The fourth-order valence-corrected chi connectivity index (χ4v) is 2.40. The lowest BCUT2D eigenvalue weighted by molar-refractivity contribution is 0.0727. The molecule has 2 rings (SSSR count). The van der Waals surface area contributed by atoms with E-state index >= 15 is 0 Å². The van der Waals surface area contributed by atoms with Gasteiger partial charge in [0.05, 0.1) is 0 Å². The Morgan fingerprint density at radius 2 is 2.42 bits per heavy atom.